The Morgan fingerprint density at radius 3 is 2.38 bits per heavy atom. The van der Waals surface area contributed by atoms with Crippen molar-refractivity contribution in [2.45, 2.75) is 45.2 Å². The van der Waals surface area contributed by atoms with Crippen LogP contribution in [-0.4, -0.2) is 6.04 Å². The zero-order chi connectivity index (χ0) is 11.4. The minimum Gasteiger partial charge on any atom is -0.310 e. The third-order valence-electron chi connectivity index (χ3n) is 3.52. The van der Waals surface area contributed by atoms with Crippen LogP contribution in [0.2, 0.25) is 0 Å². The van der Waals surface area contributed by atoms with Gasteiger partial charge in [0.1, 0.15) is 5.82 Å². The first kappa shape index (κ1) is 11.6. The van der Waals surface area contributed by atoms with Crippen molar-refractivity contribution in [1.82, 2.24) is 5.32 Å². The van der Waals surface area contributed by atoms with Gasteiger partial charge in [-0.25, -0.2) is 4.39 Å². The topological polar surface area (TPSA) is 12.0 Å². The summed E-state index contributed by atoms with van der Waals surface area (Å²) in [4.78, 5) is 0. The normalized spacial score (nSPS) is 25.6. The summed E-state index contributed by atoms with van der Waals surface area (Å²) in [6, 6.07) is 7.42. The zero-order valence-electron chi connectivity index (χ0n) is 9.88. The molecule has 1 aromatic carbocycles. The number of benzene rings is 1. The molecule has 16 heavy (non-hydrogen) atoms. The number of rotatable bonds is 3. The second-order valence-electron chi connectivity index (χ2n) is 4.96. The van der Waals surface area contributed by atoms with E-state index in [9.17, 15) is 4.39 Å². The van der Waals surface area contributed by atoms with Crippen LogP contribution in [-0.2, 0) is 6.54 Å². The quantitative estimate of drug-likeness (QED) is 0.823. The van der Waals surface area contributed by atoms with Crippen LogP contribution in [0.25, 0.3) is 0 Å². The maximum atomic E-state index is 12.7. The Hall–Kier alpha value is -0.890. The first-order valence-corrected chi connectivity index (χ1v) is 6.22. The van der Waals surface area contributed by atoms with Crippen molar-refractivity contribution >= 4 is 0 Å². The van der Waals surface area contributed by atoms with E-state index in [-0.39, 0.29) is 5.82 Å². The number of nitrogens with one attached hydrogen (secondary N) is 1. The van der Waals surface area contributed by atoms with Gasteiger partial charge in [-0.05, 0) is 49.3 Å². The summed E-state index contributed by atoms with van der Waals surface area (Å²) in [6.07, 6.45) is 5.23. The van der Waals surface area contributed by atoms with Gasteiger partial charge in [-0.2, -0.15) is 0 Å². The molecule has 1 fully saturated rings. The Kier molecular flexibility index (Phi) is 3.94. The minimum absolute atomic E-state index is 0.157. The van der Waals surface area contributed by atoms with Crippen LogP contribution in [0.4, 0.5) is 4.39 Å². The van der Waals surface area contributed by atoms with Crippen molar-refractivity contribution in [3.63, 3.8) is 0 Å². The molecule has 0 bridgehead atoms. The lowest BCUT2D eigenvalue weighted by Gasteiger charge is -2.27. The van der Waals surface area contributed by atoms with Crippen LogP contribution in [0.15, 0.2) is 24.3 Å². The molecular formula is C14H20FN. The van der Waals surface area contributed by atoms with E-state index in [2.05, 4.69) is 12.2 Å². The summed E-state index contributed by atoms with van der Waals surface area (Å²) < 4.78 is 12.7. The molecule has 1 aliphatic carbocycles. The molecule has 0 heterocycles. The lowest BCUT2D eigenvalue weighted by molar-refractivity contribution is 0.306. The molecule has 1 N–H and O–H groups in total. The Bertz CT molecular complexity index is 312. The fraction of sp³-hybridized carbons (Fsp3) is 0.571. The molecule has 1 saturated carbocycles. The molecule has 0 spiro atoms. The SMILES string of the molecule is C[C@H]1CC[C@H](NCc2ccc(F)cc2)CC1. The first-order valence-electron chi connectivity index (χ1n) is 6.22. The third kappa shape index (κ3) is 3.31. The molecule has 88 valence electrons. The molecule has 0 amide bonds. The van der Waals surface area contributed by atoms with Gasteiger partial charge in [0.15, 0.2) is 0 Å². The molecule has 2 rings (SSSR count). The molecule has 0 radical (unpaired) electrons. The van der Waals surface area contributed by atoms with Crippen LogP contribution >= 0.6 is 0 Å². The predicted octanol–water partition coefficient (Wildman–Crippen LogP) is 3.49. The van der Waals surface area contributed by atoms with Gasteiger partial charge in [0.2, 0.25) is 0 Å². The minimum atomic E-state index is -0.157. The summed E-state index contributed by atoms with van der Waals surface area (Å²) >= 11 is 0. The summed E-state index contributed by atoms with van der Waals surface area (Å²) in [5, 5.41) is 3.56. The third-order valence-corrected chi connectivity index (χ3v) is 3.52. The fourth-order valence-corrected chi connectivity index (χ4v) is 2.33. The van der Waals surface area contributed by atoms with Gasteiger partial charge in [0.05, 0.1) is 0 Å². The van der Waals surface area contributed by atoms with E-state index in [1.807, 2.05) is 12.1 Å². The van der Waals surface area contributed by atoms with Crippen molar-refractivity contribution in [3.05, 3.63) is 35.6 Å². The zero-order valence-corrected chi connectivity index (χ0v) is 9.88. The average Bonchev–Trinajstić information content (AvgIpc) is 2.30. The summed E-state index contributed by atoms with van der Waals surface area (Å²) in [5.41, 5.74) is 1.17. The van der Waals surface area contributed by atoms with Crippen molar-refractivity contribution in [2.24, 2.45) is 5.92 Å². The van der Waals surface area contributed by atoms with Gasteiger partial charge in [0.25, 0.3) is 0 Å². The van der Waals surface area contributed by atoms with E-state index in [1.165, 1.54) is 43.4 Å². The lowest BCUT2D eigenvalue weighted by atomic mass is 9.87. The number of hydrogen-bond acceptors (Lipinski definition) is 1. The van der Waals surface area contributed by atoms with Crippen LogP contribution in [0.5, 0.6) is 0 Å². The number of hydrogen-bond donors (Lipinski definition) is 1. The van der Waals surface area contributed by atoms with E-state index in [4.69, 9.17) is 0 Å². The second kappa shape index (κ2) is 5.44. The molecule has 2 heteroatoms. The van der Waals surface area contributed by atoms with E-state index in [0.29, 0.717) is 6.04 Å². The van der Waals surface area contributed by atoms with Crippen LogP contribution < -0.4 is 5.32 Å². The van der Waals surface area contributed by atoms with Crippen LogP contribution in [0.3, 0.4) is 0 Å². The molecular weight excluding hydrogens is 201 g/mol. The van der Waals surface area contributed by atoms with Crippen LogP contribution in [0, 0.1) is 11.7 Å². The highest BCUT2D eigenvalue weighted by atomic mass is 19.1. The molecule has 1 aliphatic rings. The lowest BCUT2D eigenvalue weighted by Crippen LogP contribution is -2.32. The largest absolute Gasteiger partial charge is 0.310 e. The summed E-state index contributed by atoms with van der Waals surface area (Å²) in [5.74, 6) is 0.735. The van der Waals surface area contributed by atoms with Gasteiger partial charge < -0.3 is 5.32 Å². The van der Waals surface area contributed by atoms with E-state index < -0.39 is 0 Å². The predicted molar refractivity (Wildman–Crippen MR) is 64.7 cm³/mol. The summed E-state index contributed by atoms with van der Waals surface area (Å²) in [6.45, 7) is 3.19. The molecule has 0 atom stereocenters. The maximum Gasteiger partial charge on any atom is 0.123 e. The molecule has 1 aromatic rings. The van der Waals surface area contributed by atoms with Gasteiger partial charge >= 0.3 is 0 Å². The monoisotopic (exact) mass is 221 g/mol. The van der Waals surface area contributed by atoms with E-state index >= 15 is 0 Å². The van der Waals surface area contributed by atoms with Crippen molar-refractivity contribution in [1.29, 1.82) is 0 Å². The molecule has 1 nitrogen and oxygen atoms in total. The Morgan fingerprint density at radius 1 is 1.12 bits per heavy atom. The van der Waals surface area contributed by atoms with Gasteiger partial charge in [-0.15, -0.1) is 0 Å². The van der Waals surface area contributed by atoms with Gasteiger partial charge in [-0.1, -0.05) is 19.1 Å². The van der Waals surface area contributed by atoms with Crippen molar-refractivity contribution in [3.8, 4) is 0 Å². The Balaban J connectivity index is 1.77. The maximum absolute atomic E-state index is 12.7. The van der Waals surface area contributed by atoms with E-state index in [0.717, 1.165) is 12.5 Å². The summed E-state index contributed by atoms with van der Waals surface area (Å²) in [7, 11) is 0. The second-order valence-corrected chi connectivity index (χ2v) is 4.96. The highest BCUT2D eigenvalue weighted by molar-refractivity contribution is 5.15. The fourth-order valence-electron chi connectivity index (χ4n) is 2.33. The standard InChI is InChI=1S/C14H20FN/c1-11-2-8-14(9-3-11)16-10-12-4-6-13(15)7-5-12/h4-7,11,14,16H,2-3,8-10H2,1H3/t11-,14-. The molecule has 0 unspecified atom stereocenters. The molecule has 0 saturated heterocycles. The Labute approximate surface area is 97.1 Å². The average molecular weight is 221 g/mol. The highest BCUT2D eigenvalue weighted by Crippen LogP contribution is 2.23. The Morgan fingerprint density at radius 2 is 1.75 bits per heavy atom. The first-order chi connectivity index (χ1) is 7.74. The molecule has 0 aromatic heterocycles. The van der Waals surface area contributed by atoms with Crippen molar-refractivity contribution < 1.29 is 4.39 Å². The van der Waals surface area contributed by atoms with Crippen molar-refractivity contribution in [2.75, 3.05) is 0 Å². The van der Waals surface area contributed by atoms with Crippen LogP contribution in [0.1, 0.15) is 38.2 Å². The number of halogens is 1. The van der Waals surface area contributed by atoms with E-state index in [1.54, 1.807) is 0 Å². The molecule has 0 aliphatic heterocycles. The smallest absolute Gasteiger partial charge is 0.123 e. The van der Waals surface area contributed by atoms with Gasteiger partial charge in [0, 0.05) is 12.6 Å². The highest BCUT2D eigenvalue weighted by Gasteiger charge is 2.17. The van der Waals surface area contributed by atoms with Gasteiger partial charge in [-0.3, -0.25) is 0 Å².